The summed E-state index contributed by atoms with van der Waals surface area (Å²) < 4.78 is 5.85. The van der Waals surface area contributed by atoms with Gasteiger partial charge >= 0.3 is 0 Å². The van der Waals surface area contributed by atoms with E-state index in [1.165, 1.54) is 11.1 Å². The highest BCUT2D eigenvalue weighted by molar-refractivity contribution is 7.09. The second-order valence-electron chi connectivity index (χ2n) is 7.20. The number of carbonyl (C=O) groups is 1. The van der Waals surface area contributed by atoms with Crippen LogP contribution in [0.1, 0.15) is 51.1 Å². The number of thiazole rings is 1. The molecule has 1 heterocycles. The fraction of sp³-hybridized carbons (Fsp3) is 0.304. The molecule has 4 rings (SSSR count). The van der Waals surface area contributed by atoms with E-state index in [0.717, 1.165) is 30.0 Å². The molecule has 1 aliphatic rings. The minimum Gasteiger partial charge on any atom is -0.487 e. The van der Waals surface area contributed by atoms with Crippen molar-refractivity contribution in [2.45, 2.75) is 38.8 Å². The average molecular weight is 393 g/mol. The molecule has 0 radical (unpaired) electrons. The van der Waals surface area contributed by atoms with E-state index < -0.39 is 0 Å². The van der Waals surface area contributed by atoms with E-state index in [9.17, 15) is 4.79 Å². The average Bonchev–Trinajstić information content (AvgIpc) is 3.16. The minimum absolute atomic E-state index is 0.0247. The van der Waals surface area contributed by atoms with Crippen LogP contribution in [0.5, 0.6) is 5.75 Å². The van der Waals surface area contributed by atoms with Crippen LogP contribution in [0, 0.1) is 6.92 Å². The van der Waals surface area contributed by atoms with Crippen LogP contribution in [-0.2, 0) is 13.0 Å². The summed E-state index contributed by atoms with van der Waals surface area (Å²) in [6, 6.07) is 16.0. The molecule has 0 aliphatic heterocycles. The lowest BCUT2D eigenvalue weighted by Crippen LogP contribution is -2.33. The molecule has 0 saturated carbocycles. The Balaban J connectivity index is 1.49. The molecule has 0 bridgehead atoms. The number of aromatic nitrogens is 1. The lowest BCUT2D eigenvalue weighted by molar-refractivity contribution is 0.0714. The van der Waals surface area contributed by atoms with Gasteiger partial charge in [-0.1, -0.05) is 30.3 Å². The number of benzene rings is 2. The Morgan fingerprint density at radius 2 is 2.11 bits per heavy atom. The van der Waals surface area contributed by atoms with Gasteiger partial charge in [-0.2, -0.15) is 0 Å². The van der Waals surface area contributed by atoms with E-state index in [2.05, 4.69) is 29.2 Å². The van der Waals surface area contributed by atoms with Crippen LogP contribution in [0.15, 0.2) is 53.9 Å². The van der Waals surface area contributed by atoms with Gasteiger partial charge in [0.2, 0.25) is 0 Å². The fourth-order valence-corrected chi connectivity index (χ4v) is 4.42. The van der Waals surface area contributed by atoms with Crippen molar-refractivity contribution in [3.63, 3.8) is 0 Å². The van der Waals surface area contributed by atoms with Crippen molar-refractivity contribution < 1.29 is 9.53 Å². The molecule has 2 aromatic carbocycles. The number of aryl methyl sites for hydroxylation is 2. The van der Waals surface area contributed by atoms with Crippen LogP contribution in [0.2, 0.25) is 0 Å². The molecule has 1 unspecified atom stereocenters. The predicted molar refractivity (Wildman–Crippen MR) is 112 cm³/mol. The highest BCUT2D eigenvalue weighted by atomic mass is 32.1. The number of rotatable bonds is 5. The summed E-state index contributed by atoms with van der Waals surface area (Å²) >= 11 is 1.61. The Kier molecular flexibility index (Phi) is 5.44. The van der Waals surface area contributed by atoms with Crippen molar-refractivity contribution in [3.05, 3.63) is 81.3 Å². The van der Waals surface area contributed by atoms with E-state index in [4.69, 9.17) is 4.74 Å². The van der Waals surface area contributed by atoms with Gasteiger partial charge in [-0.15, -0.1) is 11.3 Å². The van der Waals surface area contributed by atoms with Crippen molar-refractivity contribution in [2.75, 3.05) is 7.05 Å². The second kappa shape index (κ2) is 8.15. The molecule has 144 valence electrons. The smallest absolute Gasteiger partial charge is 0.254 e. The first-order valence-corrected chi connectivity index (χ1v) is 10.5. The molecule has 5 heteroatoms. The largest absolute Gasteiger partial charge is 0.487 e. The minimum atomic E-state index is 0.0247. The zero-order valence-corrected chi connectivity index (χ0v) is 17.0. The van der Waals surface area contributed by atoms with Crippen LogP contribution < -0.4 is 4.74 Å². The topological polar surface area (TPSA) is 42.4 Å². The molecule has 1 atom stereocenters. The molecule has 0 fully saturated rings. The van der Waals surface area contributed by atoms with Gasteiger partial charge in [-0.25, -0.2) is 4.98 Å². The lowest BCUT2D eigenvalue weighted by atomic mass is 9.87. The molecule has 28 heavy (non-hydrogen) atoms. The van der Waals surface area contributed by atoms with Crippen molar-refractivity contribution in [1.29, 1.82) is 0 Å². The molecule has 0 N–H and O–H groups in total. The molecule has 0 spiro atoms. The van der Waals surface area contributed by atoms with E-state index in [1.54, 1.807) is 11.3 Å². The highest BCUT2D eigenvalue weighted by Gasteiger charge is 2.27. The van der Waals surface area contributed by atoms with Gasteiger partial charge in [-0.05, 0) is 55.5 Å². The zero-order valence-electron chi connectivity index (χ0n) is 16.2. The molecule has 1 amide bonds. The van der Waals surface area contributed by atoms with Gasteiger partial charge in [0.25, 0.3) is 5.91 Å². The van der Waals surface area contributed by atoms with Gasteiger partial charge in [0, 0.05) is 18.0 Å². The van der Waals surface area contributed by atoms with Crippen LogP contribution in [0.25, 0.3) is 0 Å². The van der Waals surface area contributed by atoms with Crippen LogP contribution in [0.3, 0.4) is 0 Å². The van der Waals surface area contributed by atoms with E-state index in [1.807, 2.05) is 48.5 Å². The Bertz CT molecular complexity index is 982. The number of hydrogen-bond donors (Lipinski definition) is 0. The Morgan fingerprint density at radius 3 is 2.93 bits per heavy atom. The first-order chi connectivity index (χ1) is 13.6. The summed E-state index contributed by atoms with van der Waals surface area (Å²) in [5.41, 5.74) is 4.19. The van der Waals surface area contributed by atoms with E-state index in [0.29, 0.717) is 17.9 Å². The maximum Gasteiger partial charge on any atom is 0.254 e. The second-order valence-corrected chi connectivity index (χ2v) is 8.26. The fourth-order valence-electron chi connectivity index (χ4n) is 3.83. The standard InChI is InChI=1S/C23H24N2O2S/c1-16-24-19(15-28-16)14-27-20-10-5-9-18(13-20)23(26)25(2)22-12-6-8-17-7-3-4-11-21(17)22/h3-5,7,9-11,13,15,22H,6,8,12,14H2,1-2H3. The molecule has 1 aliphatic carbocycles. The maximum absolute atomic E-state index is 13.1. The Hall–Kier alpha value is -2.66. The number of fused-ring (bicyclic) bond motifs is 1. The van der Waals surface area contributed by atoms with Crippen molar-refractivity contribution in [2.24, 2.45) is 0 Å². The van der Waals surface area contributed by atoms with Gasteiger partial charge in [-0.3, -0.25) is 4.79 Å². The first kappa shape index (κ1) is 18.7. The SMILES string of the molecule is Cc1nc(COc2cccc(C(=O)N(C)C3CCCc4ccccc43)c2)cs1. The molecular weight excluding hydrogens is 368 g/mol. The number of amides is 1. The summed E-state index contributed by atoms with van der Waals surface area (Å²) in [5.74, 6) is 0.714. The molecule has 4 nitrogen and oxygen atoms in total. The van der Waals surface area contributed by atoms with Crippen LogP contribution in [0.4, 0.5) is 0 Å². The third kappa shape index (κ3) is 3.94. The number of hydrogen-bond acceptors (Lipinski definition) is 4. The summed E-state index contributed by atoms with van der Waals surface area (Å²) in [6.45, 7) is 2.39. The Morgan fingerprint density at radius 1 is 1.25 bits per heavy atom. The predicted octanol–water partition coefficient (Wildman–Crippen LogP) is 5.18. The molecule has 3 aromatic rings. The lowest BCUT2D eigenvalue weighted by Gasteiger charge is -2.33. The third-order valence-electron chi connectivity index (χ3n) is 5.26. The molecular formula is C23H24N2O2S. The van der Waals surface area contributed by atoms with Crippen molar-refractivity contribution in [3.8, 4) is 5.75 Å². The maximum atomic E-state index is 13.1. The normalized spacial score (nSPS) is 15.7. The van der Waals surface area contributed by atoms with Crippen molar-refractivity contribution >= 4 is 17.2 Å². The van der Waals surface area contributed by atoms with Gasteiger partial charge in [0.05, 0.1) is 16.7 Å². The third-order valence-corrected chi connectivity index (χ3v) is 6.08. The van der Waals surface area contributed by atoms with Crippen LogP contribution in [-0.4, -0.2) is 22.8 Å². The zero-order chi connectivity index (χ0) is 19.5. The number of carbonyl (C=O) groups excluding carboxylic acids is 1. The number of ether oxygens (including phenoxy) is 1. The summed E-state index contributed by atoms with van der Waals surface area (Å²) in [4.78, 5) is 19.4. The van der Waals surface area contributed by atoms with Crippen LogP contribution >= 0.6 is 11.3 Å². The van der Waals surface area contributed by atoms with Gasteiger partial charge in [0.15, 0.2) is 0 Å². The van der Waals surface area contributed by atoms with E-state index in [-0.39, 0.29) is 11.9 Å². The van der Waals surface area contributed by atoms with Crippen molar-refractivity contribution in [1.82, 2.24) is 9.88 Å². The summed E-state index contributed by atoms with van der Waals surface area (Å²) in [6.07, 6.45) is 3.20. The summed E-state index contributed by atoms with van der Waals surface area (Å²) in [5, 5.41) is 3.02. The van der Waals surface area contributed by atoms with E-state index >= 15 is 0 Å². The number of nitrogens with zero attached hydrogens (tertiary/aromatic N) is 2. The van der Waals surface area contributed by atoms with Gasteiger partial charge in [0.1, 0.15) is 12.4 Å². The van der Waals surface area contributed by atoms with Gasteiger partial charge < -0.3 is 9.64 Å². The quantitative estimate of drug-likeness (QED) is 0.601. The molecule has 1 aromatic heterocycles. The molecule has 0 saturated heterocycles. The first-order valence-electron chi connectivity index (χ1n) is 9.60. The highest BCUT2D eigenvalue weighted by Crippen LogP contribution is 2.34. The Labute approximate surface area is 169 Å². The monoisotopic (exact) mass is 392 g/mol. The summed E-state index contributed by atoms with van der Waals surface area (Å²) in [7, 11) is 1.90.